The van der Waals surface area contributed by atoms with Crippen molar-refractivity contribution in [2.24, 2.45) is 7.05 Å². The van der Waals surface area contributed by atoms with Crippen LogP contribution in [0.25, 0.3) is 55.7 Å². The van der Waals surface area contributed by atoms with E-state index in [0.29, 0.717) is 22.3 Å². The highest BCUT2D eigenvalue weighted by Gasteiger charge is 2.16. The number of aromatic nitrogens is 6. The summed E-state index contributed by atoms with van der Waals surface area (Å²) in [4.78, 5) is 8.25. The summed E-state index contributed by atoms with van der Waals surface area (Å²) in [5, 5.41) is 12.7. The number of hydrogen-bond acceptors (Lipinski definition) is 5. The van der Waals surface area contributed by atoms with E-state index in [1.54, 1.807) is 16.9 Å². The van der Waals surface area contributed by atoms with Gasteiger partial charge in [0.1, 0.15) is 17.0 Å². The lowest BCUT2D eigenvalue weighted by Crippen LogP contribution is -2.21. The van der Waals surface area contributed by atoms with E-state index in [2.05, 4.69) is 25.0 Å². The molecule has 0 bridgehead atoms. The molecule has 3 N–H and O–H groups in total. The van der Waals surface area contributed by atoms with Crippen LogP contribution >= 0.6 is 0 Å². The highest BCUT2D eigenvalue weighted by Crippen LogP contribution is 2.34. The fourth-order valence-electron chi connectivity index (χ4n) is 4.46. The molecule has 0 fully saturated rings. The van der Waals surface area contributed by atoms with Crippen molar-refractivity contribution < 1.29 is 12.8 Å². The van der Waals surface area contributed by atoms with Crippen molar-refractivity contribution in [3.63, 3.8) is 0 Å². The van der Waals surface area contributed by atoms with Gasteiger partial charge in [0.25, 0.3) is 0 Å². The summed E-state index contributed by atoms with van der Waals surface area (Å²) in [6, 6.07) is 16.1. The Morgan fingerprint density at radius 1 is 1.05 bits per heavy atom. The minimum absolute atomic E-state index is 0.00214. The molecule has 0 radical (unpaired) electrons. The number of hydrogen-bond donors (Lipinski definition) is 3. The first kappa shape index (κ1) is 23.1. The number of nitrogens with zero attached hydrogens (tertiary/aromatic N) is 4. The molecule has 0 aliphatic carbocycles. The quantitative estimate of drug-likeness (QED) is 0.304. The number of aromatic amines is 2. The van der Waals surface area contributed by atoms with Gasteiger partial charge >= 0.3 is 0 Å². The third kappa shape index (κ3) is 4.50. The van der Waals surface area contributed by atoms with E-state index in [1.807, 2.05) is 49.6 Å². The van der Waals surface area contributed by atoms with Gasteiger partial charge in [-0.3, -0.25) is 9.78 Å². The molecular formula is C26H22FN7O2S. The Morgan fingerprint density at radius 2 is 1.92 bits per heavy atom. The van der Waals surface area contributed by atoms with Gasteiger partial charge < -0.3 is 4.98 Å². The largest absolute Gasteiger partial charge is 0.353 e. The summed E-state index contributed by atoms with van der Waals surface area (Å²) in [5.41, 5.74) is 7.47. The van der Waals surface area contributed by atoms with E-state index >= 15 is 0 Å². The van der Waals surface area contributed by atoms with Crippen molar-refractivity contribution in [2.45, 2.75) is 6.54 Å². The van der Waals surface area contributed by atoms with Crippen LogP contribution in [0, 0.1) is 5.82 Å². The lowest BCUT2D eigenvalue weighted by Gasteiger charge is -2.08. The van der Waals surface area contributed by atoms with Gasteiger partial charge in [-0.05, 0) is 59.2 Å². The second kappa shape index (κ2) is 8.64. The molecule has 4 aromatic heterocycles. The smallest absolute Gasteiger partial charge is 0.209 e. The van der Waals surface area contributed by atoms with Gasteiger partial charge in [-0.1, -0.05) is 12.1 Å². The zero-order valence-electron chi connectivity index (χ0n) is 19.9. The van der Waals surface area contributed by atoms with E-state index in [1.165, 1.54) is 12.1 Å². The molecular weight excluding hydrogens is 493 g/mol. The first-order valence-corrected chi connectivity index (χ1v) is 13.3. The Morgan fingerprint density at radius 3 is 2.70 bits per heavy atom. The normalized spacial score (nSPS) is 12.1. The van der Waals surface area contributed by atoms with E-state index in [0.717, 1.165) is 45.2 Å². The van der Waals surface area contributed by atoms with Gasteiger partial charge in [-0.25, -0.2) is 22.5 Å². The molecule has 0 atom stereocenters. The molecule has 9 nitrogen and oxygen atoms in total. The van der Waals surface area contributed by atoms with Gasteiger partial charge in [-0.2, -0.15) is 10.2 Å². The molecule has 6 rings (SSSR count). The van der Waals surface area contributed by atoms with Crippen molar-refractivity contribution in [3.05, 3.63) is 78.4 Å². The summed E-state index contributed by atoms with van der Waals surface area (Å²) in [5.74, 6) is -0.444. The first-order chi connectivity index (χ1) is 17.7. The third-order valence-corrected chi connectivity index (χ3v) is 6.80. The third-order valence-electron chi connectivity index (χ3n) is 6.13. The van der Waals surface area contributed by atoms with Crippen LogP contribution in [-0.2, 0) is 23.6 Å². The number of nitrogens with one attached hydrogen (secondary N) is 3. The average molecular weight is 516 g/mol. The Bertz CT molecular complexity index is 1900. The van der Waals surface area contributed by atoms with Crippen LogP contribution in [0.3, 0.4) is 0 Å². The number of fused-ring (bicyclic) bond motifs is 2. The van der Waals surface area contributed by atoms with Crippen LogP contribution in [0.5, 0.6) is 0 Å². The molecule has 6 aromatic rings. The minimum Gasteiger partial charge on any atom is -0.353 e. The molecule has 0 amide bonds. The predicted molar refractivity (Wildman–Crippen MR) is 140 cm³/mol. The number of halogens is 1. The van der Waals surface area contributed by atoms with Crippen molar-refractivity contribution in [1.82, 2.24) is 34.7 Å². The summed E-state index contributed by atoms with van der Waals surface area (Å²) in [6.45, 7) is 0.00214. The second-order valence-corrected chi connectivity index (χ2v) is 10.8. The molecule has 0 unspecified atom stereocenters. The lowest BCUT2D eigenvalue weighted by molar-refractivity contribution is 0.586. The molecule has 2 aromatic carbocycles. The minimum atomic E-state index is -3.40. The number of benzene rings is 2. The highest BCUT2D eigenvalue weighted by atomic mass is 32.2. The summed E-state index contributed by atoms with van der Waals surface area (Å²) in [7, 11) is -1.55. The molecule has 0 saturated carbocycles. The van der Waals surface area contributed by atoms with Gasteiger partial charge in [0.15, 0.2) is 0 Å². The fraction of sp³-hybridized carbons (Fsp3) is 0.115. The van der Waals surface area contributed by atoms with Crippen LogP contribution in [0.15, 0.2) is 67.0 Å². The molecule has 0 aliphatic rings. The first-order valence-electron chi connectivity index (χ1n) is 11.4. The van der Waals surface area contributed by atoms with E-state index < -0.39 is 15.8 Å². The van der Waals surface area contributed by atoms with Gasteiger partial charge in [0, 0.05) is 36.3 Å². The van der Waals surface area contributed by atoms with Crippen LogP contribution in [0.1, 0.15) is 5.56 Å². The number of pyridine rings is 1. The number of H-pyrrole nitrogens is 2. The fourth-order valence-corrected chi connectivity index (χ4v) is 4.89. The van der Waals surface area contributed by atoms with E-state index in [-0.39, 0.29) is 6.54 Å². The molecule has 0 spiro atoms. The monoisotopic (exact) mass is 515 g/mol. The maximum Gasteiger partial charge on any atom is 0.209 e. The van der Waals surface area contributed by atoms with E-state index in [9.17, 15) is 12.8 Å². The molecule has 186 valence electrons. The average Bonchev–Trinajstić information content (AvgIpc) is 3.58. The zero-order valence-corrected chi connectivity index (χ0v) is 20.8. The predicted octanol–water partition coefficient (Wildman–Crippen LogP) is 4.36. The van der Waals surface area contributed by atoms with Crippen molar-refractivity contribution >= 4 is 32.0 Å². The maximum absolute atomic E-state index is 14.5. The molecule has 11 heteroatoms. The number of aryl methyl sites for hydroxylation is 1. The zero-order chi connectivity index (χ0) is 25.7. The number of rotatable bonds is 6. The standard InChI is InChI=1S/C26H22FN7O2S/c1-34-14-17(13-28-34)21-6-7-23-25(31-21)26(33-32-23)24-11-20-19(4-3-5-22(20)30-24)16-8-15(9-18(27)10-16)12-29-37(2,35)36/h3-11,13-14,29-30H,12H2,1-2H3,(H,32,33). The van der Waals surface area contributed by atoms with Crippen molar-refractivity contribution in [2.75, 3.05) is 6.26 Å². The van der Waals surface area contributed by atoms with Gasteiger partial charge in [0.2, 0.25) is 10.0 Å². The summed E-state index contributed by atoms with van der Waals surface area (Å²) in [6.07, 6.45) is 4.74. The maximum atomic E-state index is 14.5. The SMILES string of the molecule is Cn1cc(-c2ccc3[nH]nc(-c4cc5c(-c6cc(F)cc(CNS(C)(=O)=O)c6)cccc5[nH]4)c3n2)cn1. The van der Waals surface area contributed by atoms with Crippen LogP contribution in [0.4, 0.5) is 4.39 Å². The molecule has 0 saturated heterocycles. The van der Waals surface area contributed by atoms with Gasteiger partial charge in [0.05, 0.1) is 29.4 Å². The van der Waals surface area contributed by atoms with Gasteiger partial charge in [-0.15, -0.1) is 0 Å². The molecule has 4 heterocycles. The highest BCUT2D eigenvalue weighted by molar-refractivity contribution is 7.88. The lowest BCUT2D eigenvalue weighted by atomic mass is 9.99. The number of sulfonamides is 1. The van der Waals surface area contributed by atoms with Crippen LogP contribution in [0.2, 0.25) is 0 Å². The Kier molecular flexibility index (Phi) is 5.39. The summed E-state index contributed by atoms with van der Waals surface area (Å²) < 4.78 is 41.7. The van der Waals surface area contributed by atoms with Crippen molar-refractivity contribution in [1.29, 1.82) is 0 Å². The second-order valence-electron chi connectivity index (χ2n) is 8.96. The summed E-state index contributed by atoms with van der Waals surface area (Å²) >= 11 is 0. The Labute approximate surface area is 211 Å². The molecule has 0 aliphatic heterocycles. The van der Waals surface area contributed by atoms with Crippen LogP contribution < -0.4 is 4.72 Å². The topological polar surface area (TPSA) is 121 Å². The van der Waals surface area contributed by atoms with Crippen LogP contribution in [-0.4, -0.2) is 44.6 Å². The Hall–Kier alpha value is -4.35. The van der Waals surface area contributed by atoms with Crippen molar-refractivity contribution in [3.8, 4) is 33.8 Å². The Balaban J connectivity index is 1.43. The van der Waals surface area contributed by atoms with E-state index in [4.69, 9.17) is 4.98 Å². The molecule has 37 heavy (non-hydrogen) atoms.